The van der Waals surface area contributed by atoms with Gasteiger partial charge in [0.2, 0.25) is 21.8 Å². The summed E-state index contributed by atoms with van der Waals surface area (Å²) in [6.07, 6.45) is 5.05. The molecule has 0 bridgehead atoms. The molecule has 2 aliphatic rings. The molecule has 0 unspecified atom stereocenters. The Hall–Kier alpha value is -1.64. The molecule has 7 nitrogen and oxygen atoms in total. The molecule has 0 aromatic heterocycles. The van der Waals surface area contributed by atoms with E-state index in [9.17, 15) is 18.0 Å². The molecule has 1 aromatic rings. The lowest BCUT2D eigenvalue weighted by Gasteiger charge is -2.40. The number of carbonyl (C=O) groups is 2. The van der Waals surface area contributed by atoms with Gasteiger partial charge in [0.05, 0.1) is 4.90 Å². The Morgan fingerprint density at radius 3 is 2.38 bits per heavy atom. The number of hydrogen-bond donors (Lipinski definition) is 1. The van der Waals surface area contributed by atoms with E-state index in [-0.39, 0.29) is 48.3 Å². The largest absolute Gasteiger partial charge is 0.352 e. The molecule has 3 rings (SSSR count). The van der Waals surface area contributed by atoms with Crippen LogP contribution in [-0.4, -0.2) is 67.0 Å². The maximum Gasteiger partial charge on any atom is 0.243 e. The minimum atomic E-state index is -3.87. The zero-order valence-corrected chi connectivity index (χ0v) is 18.2. The quantitative estimate of drug-likeness (QED) is 0.707. The van der Waals surface area contributed by atoms with Crippen molar-refractivity contribution in [3.05, 3.63) is 29.8 Å². The van der Waals surface area contributed by atoms with E-state index in [0.29, 0.717) is 0 Å². The van der Waals surface area contributed by atoms with Crippen LogP contribution in [0.2, 0.25) is 0 Å². The second kappa shape index (κ2) is 9.45. The summed E-state index contributed by atoms with van der Waals surface area (Å²) in [6, 6.07) is 5.66. The van der Waals surface area contributed by atoms with E-state index in [1.54, 1.807) is 24.3 Å². The van der Waals surface area contributed by atoms with E-state index in [2.05, 4.69) is 5.32 Å². The van der Waals surface area contributed by atoms with E-state index in [1.807, 2.05) is 6.92 Å². The van der Waals surface area contributed by atoms with E-state index in [1.165, 1.54) is 9.21 Å². The summed E-state index contributed by atoms with van der Waals surface area (Å²) in [4.78, 5) is 26.8. The fourth-order valence-corrected chi connectivity index (χ4v) is 5.71. The third-order valence-electron chi connectivity index (χ3n) is 5.68. The minimum absolute atomic E-state index is 0.00913. The average Bonchev–Trinajstić information content (AvgIpc) is 2.73. The number of amides is 2. The Labute approximate surface area is 177 Å². The topological polar surface area (TPSA) is 86.8 Å². The number of halogens is 1. The van der Waals surface area contributed by atoms with Crippen LogP contribution in [0.1, 0.15) is 37.7 Å². The highest BCUT2D eigenvalue weighted by Gasteiger charge is 2.41. The number of carbonyl (C=O) groups excluding carboxylic acids is 2. The van der Waals surface area contributed by atoms with Crippen LogP contribution in [0, 0.1) is 6.92 Å². The highest BCUT2D eigenvalue weighted by molar-refractivity contribution is 7.89. The number of nitrogens with zero attached hydrogens (tertiary/aromatic N) is 2. The van der Waals surface area contributed by atoms with Crippen molar-refractivity contribution in [2.24, 2.45) is 0 Å². The van der Waals surface area contributed by atoms with Gasteiger partial charge in [0.1, 0.15) is 11.9 Å². The van der Waals surface area contributed by atoms with Crippen molar-refractivity contribution in [2.45, 2.75) is 56.0 Å². The molecule has 1 aromatic carbocycles. The molecule has 1 aliphatic heterocycles. The summed E-state index contributed by atoms with van der Waals surface area (Å²) in [5.74, 6) is -0.837. The number of sulfonamides is 1. The van der Waals surface area contributed by atoms with Gasteiger partial charge in [-0.15, -0.1) is 11.6 Å². The molecule has 1 atom stereocenters. The van der Waals surface area contributed by atoms with Crippen LogP contribution < -0.4 is 5.32 Å². The fourth-order valence-electron chi connectivity index (χ4n) is 3.97. The van der Waals surface area contributed by atoms with Gasteiger partial charge in [0, 0.05) is 25.7 Å². The highest BCUT2D eigenvalue weighted by atomic mass is 35.5. The third-order valence-corrected chi connectivity index (χ3v) is 7.83. The van der Waals surface area contributed by atoms with Crippen molar-refractivity contribution in [2.75, 3.05) is 25.5 Å². The van der Waals surface area contributed by atoms with Crippen molar-refractivity contribution >= 4 is 33.4 Å². The third kappa shape index (κ3) is 5.10. The number of aryl methyl sites for hydroxylation is 1. The lowest BCUT2D eigenvalue weighted by atomic mass is 9.95. The Morgan fingerprint density at radius 1 is 1.10 bits per heavy atom. The summed E-state index contributed by atoms with van der Waals surface area (Å²) in [5, 5.41) is 3.01. The number of nitrogens with one attached hydrogen (secondary N) is 1. The van der Waals surface area contributed by atoms with Crippen molar-refractivity contribution in [1.82, 2.24) is 14.5 Å². The van der Waals surface area contributed by atoms with Crippen LogP contribution in [0.5, 0.6) is 0 Å². The normalized spacial score (nSPS) is 21.7. The van der Waals surface area contributed by atoms with Crippen molar-refractivity contribution in [3.8, 4) is 0 Å². The monoisotopic (exact) mass is 441 g/mol. The van der Waals surface area contributed by atoms with Crippen LogP contribution >= 0.6 is 11.6 Å². The molecule has 29 heavy (non-hydrogen) atoms. The lowest BCUT2D eigenvalue weighted by molar-refractivity contribution is -0.134. The molecule has 1 saturated carbocycles. The maximum atomic E-state index is 13.3. The molecule has 1 N–H and O–H groups in total. The number of rotatable bonds is 5. The molecule has 1 aliphatic carbocycles. The Balaban J connectivity index is 1.85. The van der Waals surface area contributed by atoms with E-state index >= 15 is 0 Å². The van der Waals surface area contributed by atoms with Gasteiger partial charge in [-0.3, -0.25) is 9.59 Å². The van der Waals surface area contributed by atoms with Crippen LogP contribution in [0.25, 0.3) is 0 Å². The van der Waals surface area contributed by atoms with Crippen LogP contribution in [-0.2, 0) is 19.6 Å². The summed E-state index contributed by atoms with van der Waals surface area (Å²) < 4.78 is 27.8. The molecule has 1 saturated heterocycles. The first-order valence-corrected chi connectivity index (χ1v) is 12.0. The molecular weight excluding hydrogens is 414 g/mol. The summed E-state index contributed by atoms with van der Waals surface area (Å²) >= 11 is 5.68. The number of piperazine rings is 1. The number of hydrogen-bond acceptors (Lipinski definition) is 4. The van der Waals surface area contributed by atoms with E-state index in [4.69, 9.17) is 11.6 Å². The van der Waals surface area contributed by atoms with Crippen LogP contribution in [0.15, 0.2) is 29.2 Å². The lowest BCUT2D eigenvalue weighted by Crippen LogP contribution is -2.62. The SMILES string of the molecule is Cc1ccc(S(=O)(=O)N2CCN(C(=O)CCl)C[C@H]2C(=O)NC2CCCCC2)cc1. The van der Waals surface area contributed by atoms with Gasteiger partial charge in [-0.25, -0.2) is 8.42 Å². The molecule has 1 heterocycles. The summed E-state index contributed by atoms with van der Waals surface area (Å²) in [5.41, 5.74) is 0.952. The van der Waals surface area contributed by atoms with Crippen molar-refractivity contribution in [1.29, 1.82) is 0 Å². The van der Waals surface area contributed by atoms with Crippen molar-refractivity contribution < 1.29 is 18.0 Å². The zero-order chi connectivity index (χ0) is 21.0. The van der Waals surface area contributed by atoms with Crippen LogP contribution in [0.4, 0.5) is 0 Å². The molecular formula is C20H28ClN3O4S. The first-order valence-electron chi connectivity index (χ1n) is 10.1. The van der Waals surface area contributed by atoms with E-state index < -0.39 is 16.1 Å². The molecule has 2 amide bonds. The average molecular weight is 442 g/mol. The first-order chi connectivity index (χ1) is 13.8. The summed E-state index contributed by atoms with van der Waals surface area (Å²) in [7, 11) is -3.87. The minimum Gasteiger partial charge on any atom is -0.352 e. The smallest absolute Gasteiger partial charge is 0.243 e. The Morgan fingerprint density at radius 2 is 1.76 bits per heavy atom. The van der Waals surface area contributed by atoms with Gasteiger partial charge in [-0.05, 0) is 31.9 Å². The molecule has 0 radical (unpaired) electrons. The van der Waals surface area contributed by atoms with Gasteiger partial charge in [0.15, 0.2) is 0 Å². The van der Waals surface area contributed by atoms with Gasteiger partial charge < -0.3 is 10.2 Å². The molecule has 0 spiro atoms. The Kier molecular flexibility index (Phi) is 7.19. The highest BCUT2D eigenvalue weighted by Crippen LogP contribution is 2.24. The van der Waals surface area contributed by atoms with Crippen LogP contribution in [0.3, 0.4) is 0 Å². The molecule has 2 fully saturated rings. The standard InChI is InChI=1S/C20H28ClN3O4S/c1-15-7-9-17(10-8-15)29(27,28)24-12-11-23(19(25)13-21)14-18(24)20(26)22-16-5-3-2-4-6-16/h7-10,16,18H,2-6,11-14H2,1H3,(H,22,26)/t18-/m0/s1. The fraction of sp³-hybridized carbons (Fsp3) is 0.600. The molecule has 9 heteroatoms. The second-order valence-corrected chi connectivity index (χ2v) is 9.92. The van der Waals surface area contributed by atoms with Gasteiger partial charge in [0.25, 0.3) is 0 Å². The molecule has 160 valence electrons. The van der Waals surface area contributed by atoms with Gasteiger partial charge >= 0.3 is 0 Å². The second-order valence-electron chi connectivity index (χ2n) is 7.76. The zero-order valence-electron chi connectivity index (χ0n) is 16.6. The number of alkyl halides is 1. The number of benzene rings is 1. The predicted molar refractivity (Wildman–Crippen MR) is 111 cm³/mol. The van der Waals surface area contributed by atoms with Gasteiger partial charge in [-0.2, -0.15) is 4.31 Å². The van der Waals surface area contributed by atoms with E-state index in [0.717, 1.165) is 37.7 Å². The summed E-state index contributed by atoms with van der Waals surface area (Å²) in [6.45, 7) is 2.16. The predicted octanol–water partition coefficient (Wildman–Crippen LogP) is 1.88. The van der Waals surface area contributed by atoms with Crippen molar-refractivity contribution in [3.63, 3.8) is 0 Å². The Bertz CT molecular complexity index is 838. The van der Waals surface area contributed by atoms with Gasteiger partial charge in [-0.1, -0.05) is 37.0 Å². The first kappa shape index (κ1) is 22.1. The maximum absolute atomic E-state index is 13.3.